The second-order valence-corrected chi connectivity index (χ2v) is 3.07. The topological polar surface area (TPSA) is 93.7 Å². The van der Waals surface area contributed by atoms with Gasteiger partial charge in [0, 0.05) is 182 Å². The fraction of sp³-hybridized carbons (Fsp3) is 1.00. The largest absolute Gasteiger partial charge is 0.670 e. The van der Waals surface area contributed by atoms with E-state index in [0.29, 0.717) is 0 Å². The van der Waals surface area contributed by atoms with Crippen LogP contribution in [0.5, 0.6) is 0 Å². The Bertz CT molecular complexity index is 165. The minimum Gasteiger partial charge on any atom is -0.670 e. The summed E-state index contributed by atoms with van der Waals surface area (Å²) in [6.07, 6.45) is -3.52. The summed E-state index contributed by atoms with van der Waals surface area (Å²) >= 11 is 0. The maximum absolute atomic E-state index is 9.29. The molecular formula is C9H20Ac4NO4-. The second-order valence-electron chi connectivity index (χ2n) is 3.07. The molecule has 9 heteroatoms. The molecule has 3 unspecified atom stereocenters. The van der Waals surface area contributed by atoms with Crippen LogP contribution in [0.3, 0.4) is 0 Å². The monoisotopic (exact) mass is 1110 g/mol. The van der Waals surface area contributed by atoms with Gasteiger partial charge in [0.05, 0.1) is 12.7 Å². The van der Waals surface area contributed by atoms with Gasteiger partial charge in [-0.3, -0.25) is 0 Å². The molecule has 5 nitrogen and oxygen atoms in total. The minimum atomic E-state index is -1.16. The molecule has 98 valence electrons. The number of aliphatic hydroxyl groups is 3. The Kier molecular flexibility index (Phi) is 39.9. The van der Waals surface area contributed by atoms with Crippen LogP contribution in [0.15, 0.2) is 0 Å². The van der Waals surface area contributed by atoms with Crippen molar-refractivity contribution in [3.8, 4) is 0 Å². The van der Waals surface area contributed by atoms with Crippen LogP contribution in [-0.4, -0.2) is 52.4 Å². The molecule has 0 aromatic rings. The van der Waals surface area contributed by atoms with Crippen LogP contribution in [0.2, 0.25) is 0 Å². The molecule has 18 heavy (non-hydrogen) atoms. The zero-order valence-corrected chi connectivity index (χ0v) is 30.1. The van der Waals surface area contributed by atoms with E-state index in [1.54, 1.807) is 6.92 Å². The molecule has 4 N–H and O–H groups in total. The summed E-state index contributed by atoms with van der Waals surface area (Å²) in [7, 11) is 0. The number of hydrogen-bond donors (Lipinski definition) is 3. The molecule has 0 bridgehead atoms. The van der Waals surface area contributed by atoms with Gasteiger partial charge in [-0.25, -0.2) is 0 Å². The SMILES string of the molecule is CC.C[C@@H]1O[C@H](CO)C(O)C(O)C1[NH-].[Ac].[Ac].[Ac].[Ac]. The van der Waals surface area contributed by atoms with Crippen molar-refractivity contribution in [2.75, 3.05) is 6.61 Å². The third-order valence-electron chi connectivity index (χ3n) is 2.17. The van der Waals surface area contributed by atoms with Gasteiger partial charge in [0.2, 0.25) is 0 Å². The molecule has 1 heterocycles. The first-order valence-corrected chi connectivity index (χ1v) is 4.91. The van der Waals surface area contributed by atoms with Crippen molar-refractivity contribution in [1.29, 1.82) is 0 Å². The van der Waals surface area contributed by atoms with Crippen LogP contribution in [0, 0.1) is 176 Å². The minimum absolute atomic E-state index is 0. The van der Waals surface area contributed by atoms with Crippen molar-refractivity contribution < 1.29 is 196 Å². The molecule has 1 aliphatic rings. The molecule has 0 aliphatic carbocycles. The number of hydrogen-bond acceptors (Lipinski definition) is 4. The average molecular weight is 1110 g/mol. The number of ether oxygens (including phenoxy) is 1. The Morgan fingerprint density at radius 3 is 1.72 bits per heavy atom. The van der Waals surface area contributed by atoms with Crippen molar-refractivity contribution in [3.63, 3.8) is 0 Å². The van der Waals surface area contributed by atoms with Crippen LogP contribution < -0.4 is 0 Å². The van der Waals surface area contributed by atoms with E-state index in [1.807, 2.05) is 13.8 Å². The molecule has 0 aromatic heterocycles. The van der Waals surface area contributed by atoms with Gasteiger partial charge in [-0.2, -0.15) is 0 Å². The van der Waals surface area contributed by atoms with Crippen molar-refractivity contribution >= 4 is 0 Å². The van der Waals surface area contributed by atoms with Gasteiger partial charge >= 0.3 is 0 Å². The van der Waals surface area contributed by atoms with Gasteiger partial charge in [-0.15, -0.1) is 0 Å². The van der Waals surface area contributed by atoms with Gasteiger partial charge in [-0.05, 0) is 6.92 Å². The first-order valence-electron chi connectivity index (χ1n) is 4.91. The molecule has 1 fully saturated rings. The molecule has 4 radical (unpaired) electrons. The summed E-state index contributed by atoms with van der Waals surface area (Å²) < 4.78 is 5.08. The van der Waals surface area contributed by atoms with Crippen molar-refractivity contribution in [2.24, 2.45) is 0 Å². The number of nitrogens with one attached hydrogen (secondary N) is 1. The molecular weight excluding hydrogens is 1090 g/mol. The third kappa shape index (κ3) is 12.0. The van der Waals surface area contributed by atoms with Gasteiger partial charge in [-0.1, -0.05) is 19.9 Å². The molecule has 1 saturated heterocycles. The van der Waals surface area contributed by atoms with E-state index >= 15 is 0 Å². The van der Waals surface area contributed by atoms with E-state index < -0.39 is 30.5 Å². The zero-order valence-electron chi connectivity index (χ0n) is 11.2. The van der Waals surface area contributed by atoms with Crippen molar-refractivity contribution in [3.05, 3.63) is 5.73 Å². The summed E-state index contributed by atoms with van der Waals surface area (Å²) in [6.45, 7) is 5.30. The summed E-state index contributed by atoms with van der Waals surface area (Å²) in [5.41, 5.74) is 7.36. The molecule has 1 rings (SSSR count). The summed E-state index contributed by atoms with van der Waals surface area (Å²) in [4.78, 5) is 0. The van der Waals surface area contributed by atoms with E-state index in [-0.39, 0.29) is 183 Å². The normalized spacial score (nSPS) is 33.2. The van der Waals surface area contributed by atoms with E-state index in [2.05, 4.69) is 0 Å². The first kappa shape index (κ1) is 34.8. The Hall–Kier alpha value is 5.57. The molecule has 0 spiro atoms. The predicted octanol–water partition coefficient (Wildman–Crippen LogP) is -0.0652. The molecule has 0 amide bonds. The fourth-order valence-electron chi connectivity index (χ4n) is 1.30. The van der Waals surface area contributed by atoms with E-state index in [0.717, 1.165) is 0 Å². The van der Waals surface area contributed by atoms with Crippen LogP contribution in [-0.2, 0) is 4.74 Å². The summed E-state index contributed by atoms with van der Waals surface area (Å²) in [5, 5.41) is 27.3. The van der Waals surface area contributed by atoms with E-state index in [1.165, 1.54) is 0 Å². The summed E-state index contributed by atoms with van der Waals surface area (Å²) in [5.74, 6) is 0. The Morgan fingerprint density at radius 1 is 1.00 bits per heavy atom. The maximum atomic E-state index is 9.29. The van der Waals surface area contributed by atoms with Crippen LogP contribution in [0.4, 0.5) is 0 Å². The fourth-order valence-corrected chi connectivity index (χ4v) is 1.30. The van der Waals surface area contributed by atoms with Gasteiger partial charge in [0.15, 0.2) is 0 Å². The predicted molar refractivity (Wildman–Crippen MR) is 52.9 cm³/mol. The van der Waals surface area contributed by atoms with Gasteiger partial charge in [0.25, 0.3) is 0 Å². The Morgan fingerprint density at radius 2 is 1.39 bits per heavy atom. The zero-order chi connectivity index (χ0) is 11.3. The number of rotatable bonds is 1. The third-order valence-corrected chi connectivity index (χ3v) is 2.17. The van der Waals surface area contributed by atoms with E-state index in [4.69, 9.17) is 15.6 Å². The molecule has 0 saturated carbocycles. The first-order chi connectivity index (χ1) is 6.57. The van der Waals surface area contributed by atoms with Crippen molar-refractivity contribution in [1.82, 2.24) is 0 Å². The van der Waals surface area contributed by atoms with Gasteiger partial charge < -0.3 is 25.8 Å². The van der Waals surface area contributed by atoms with E-state index in [9.17, 15) is 10.2 Å². The molecule has 1 aliphatic heterocycles. The van der Waals surface area contributed by atoms with Crippen molar-refractivity contribution in [2.45, 2.75) is 51.2 Å². The smallest absolute Gasteiger partial charge is 0.109 e. The number of aliphatic hydroxyl groups excluding tert-OH is 3. The van der Waals surface area contributed by atoms with Gasteiger partial charge in [0.1, 0.15) is 12.2 Å². The van der Waals surface area contributed by atoms with Crippen LogP contribution in [0.25, 0.3) is 5.73 Å². The Labute approximate surface area is 253 Å². The second kappa shape index (κ2) is 20.6. The summed E-state index contributed by atoms with van der Waals surface area (Å²) in [6, 6.07) is -0.845. The Balaban J connectivity index is -0.0000000894. The van der Waals surface area contributed by atoms with Crippen LogP contribution in [0.1, 0.15) is 20.8 Å². The average Bonchev–Trinajstić information content (AvgIpc) is 2.23. The molecule has 0 aromatic carbocycles. The standard InChI is InChI=1S/C7H14NO4.C2H6.4Ac/c1-3-5(8)7(11)6(10)4(2-9)12-3;1-2;;;;/h3-11H,2H2,1H3;1-2H3;;;;/q-1;;;;;/t3-,4+,5?,6?,7?;;;;;/m0...../s1. The maximum Gasteiger partial charge on any atom is 0.109 e. The quantitative estimate of drug-likeness (QED) is 0.344. The molecule has 5 atom stereocenters. The van der Waals surface area contributed by atoms with Crippen LogP contribution >= 0.6 is 0 Å².